The SMILES string of the molecule is CN(C)[C@H](CCC(=O)NC1CC(F)(F)c2ccccc21)Cc1ccc(O)cc1. The molecule has 2 atom stereocenters. The number of rotatable bonds is 7. The summed E-state index contributed by atoms with van der Waals surface area (Å²) in [6.07, 6.45) is 1.24. The van der Waals surface area contributed by atoms with Gasteiger partial charge in [-0.15, -0.1) is 0 Å². The second-order valence-electron chi connectivity index (χ2n) is 7.64. The largest absolute Gasteiger partial charge is 0.508 e. The summed E-state index contributed by atoms with van der Waals surface area (Å²) in [6.45, 7) is 0. The summed E-state index contributed by atoms with van der Waals surface area (Å²) in [5.41, 5.74) is 1.59. The zero-order valence-corrected chi connectivity index (χ0v) is 16.2. The van der Waals surface area contributed by atoms with Crippen LogP contribution in [-0.2, 0) is 17.1 Å². The number of carbonyl (C=O) groups is 1. The van der Waals surface area contributed by atoms with E-state index in [2.05, 4.69) is 10.2 Å². The first kappa shape index (κ1) is 20.3. The van der Waals surface area contributed by atoms with Crippen LogP contribution in [0.5, 0.6) is 5.75 Å². The molecule has 0 spiro atoms. The maximum Gasteiger partial charge on any atom is 0.275 e. The molecule has 0 bridgehead atoms. The van der Waals surface area contributed by atoms with Gasteiger partial charge in [-0.25, -0.2) is 8.78 Å². The van der Waals surface area contributed by atoms with E-state index in [9.17, 15) is 18.7 Å². The van der Waals surface area contributed by atoms with Crippen molar-refractivity contribution in [3.8, 4) is 5.75 Å². The zero-order chi connectivity index (χ0) is 20.3. The second-order valence-corrected chi connectivity index (χ2v) is 7.64. The fourth-order valence-corrected chi connectivity index (χ4v) is 3.75. The molecule has 0 radical (unpaired) electrons. The van der Waals surface area contributed by atoms with Crippen LogP contribution in [0.25, 0.3) is 0 Å². The van der Waals surface area contributed by atoms with Crippen LogP contribution >= 0.6 is 0 Å². The van der Waals surface area contributed by atoms with Crippen LogP contribution in [0, 0.1) is 0 Å². The Hall–Kier alpha value is -2.47. The molecule has 6 heteroatoms. The number of aromatic hydroxyl groups is 1. The molecule has 2 N–H and O–H groups in total. The summed E-state index contributed by atoms with van der Waals surface area (Å²) in [5, 5.41) is 12.2. The maximum atomic E-state index is 14.2. The third-order valence-corrected chi connectivity index (χ3v) is 5.37. The normalized spacial score (nSPS) is 18.7. The second kappa shape index (κ2) is 8.27. The highest BCUT2D eigenvalue weighted by Gasteiger charge is 2.45. The van der Waals surface area contributed by atoms with Crippen LogP contribution in [0.2, 0.25) is 0 Å². The third kappa shape index (κ3) is 4.68. The van der Waals surface area contributed by atoms with Gasteiger partial charge >= 0.3 is 0 Å². The van der Waals surface area contributed by atoms with Gasteiger partial charge in [-0.1, -0.05) is 36.4 Å². The molecule has 2 aromatic carbocycles. The number of nitrogens with zero attached hydrogens (tertiary/aromatic N) is 1. The van der Waals surface area contributed by atoms with Gasteiger partial charge in [-0.05, 0) is 50.2 Å². The summed E-state index contributed by atoms with van der Waals surface area (Å²) in [5.74, 6) is -2.90. The molecule has 28 heavy (non-hydrogen) atoms. The predicted molar refractivity (Wildman–Crippen MR) is 104 cm³/mol. The number of amides is 1. The number of alkyl halides is 2. The first-order chi connectivity index (χ1) is 13.3. The molecule has 0 saturated carbocycles. The van der Waals surface area contributed by atoms with Crippen LogP contribution in [0.1, 0.15) is 42.0 Å². The first-order valence-electron chi connectivity index (χ1n) is 9.47. The quantitative estimate of drug-likeness (QED) is 0.754. The highest BCUT2D eigenvalue weighted by Crippen LogP contribution is 2.46. The van der Waals surface area contributed by atoms with Gasteiger partial charge < -0.3 is 15.3 Å². The highest BCUT2D eigenvalue weighted by molar-refractivity contribution is 5.76. The number of carbonyl (C=O) groups excluding carboxylic acids is 1. The molecule has 0 aromatic heterocycles. The minimum Gasteiger partial charge on any atom is -0.508 e. The van der Waals surface area contributed by atoms with Gasteiger partial charge in [0.1, 0.15) is 5.75 Å². The lowest BCUT2D eigenvalue weighted by molar-refractivity contribution is -0.122. The van der Waals surface area contributed by atoms with Gasteiger partial charge in [-0.2, -0.15) is 0 Å². The summed E-state index contributed by atoms with van der Waals surface area (Å²) < 4.78 is 28.3. The molecule has 1 aliphatic rings. The Labute approximate surface area is 164 Å². The number of benzene rings is 2. The molecule has 0 fully saturated rings. The average Bonchev–Trinajstić information content (AvgIpc) is 2.90. The number of likely N-dealkylation sites (N-methyl/N-ethyl adjacent to an activating group) is 1. The van der Waals surface area contributed by atoms with E-state index in [1.807, 2.05) is 26.2 Å². The summed E-state index contributed by atoms with van der Waals surface area (Å²) in [7, 11) is 3.91. The summed E-state index contributed by atoms with van der Waals surface area (Å²) in [6, 6.07) is 12.9. The van der Waals surface area contributed by atoms with Crippen molar-refractivity contribution in [2.24, 2.45) is 0 Å². The van der Waals surface area contributed by atoms with Gasteiger partial charge in [0.2, 0.25) is 5.91 Å². The molecular formula is C22H26F2N2O2. The smallest absolute Gasteiger partial charge is 0.275 e. The lowest BCUT2D eigenvalue weighted by atomic mass is 10.0. The topological polar surface area (TPSA) is 52.6 Å². The summed E-state index contributed by atoms with van der Waals surface area (Å²) >= 11 is 0. The van der Waals surface area contributed by atoms with E-state index in [0.29, 0.717) is 12.0 Å². The van der Waals surface area contributed by atoms with E-state index < -0.39 is 12.0 Å². The average molecular weight is 388 g/mol. The van der Waals surface area contributed by atoms with Gasteiger partial charge in [0, 0.05) is 24.4 Å². The number of nitrogens with one attached hydrogen (secondary N) is 1. The maximum absolute atomic E-state index is 14.2. The number of phenolic OH excluding ortho intramolecular Hbond substituents is 1. The van der Waals surface area contributed by atoms with Gasteiger partial charge in [0.05, 0.1) is 6.04 Å². The molecule has 1 amide bonds. The minimum absolute atomic E-state index is 0.0128. The van der Waals surface area contributed by atoms with Crippen molar-refractivity contribution >= 4 is 5.91 Å². The van der Waals surface area contributed by atoms with E-state index in [-0.39, 0.29) is 36.1 Å². The zero-order valence-electron chi connectivity index (χ0n) is 16.2. The molecular weight excluding hydrogens is 362 g/mol. The molecule has 3 rings (SSSR count). The Kier molecular flexibility index (Phi) is 5.98. The third-order valence-electron chi connectivity index (χ3n) is 5.37. The van der Waals surface area contributed by atoms with Crippen molar-refractivity contribution in [2.75, 3.05) is 14.1 Å². The molecule has 150 valence electrons. The first-order valence-corrected chi connectivity index (χ1v) is 9.47. The lowest BCUT2D eigenvalue weighted by Gasteiger charge is -2.24. The van der Waals surface area contributed by atoms with E-state index >= 15 is 0 Å². The van der Waals surface area contributed by atoms with Crippen molar-refractivity contribution in [2.45, 2.75) is 43.7 Å². The number of hydrogen-bond acceptors (Lipinski definition) is 3. The monoisotopic (exact) mass is 388 g/mol. The van der Waals surface area contributed by atoms with Crippen LogP contribution in [0.3, 0.4) is 0 Å². The Balaban J connectivity index is 1.57. The molecule has 1 unspecified atom stereocenters. The number of hydrogen-bond donors (Lipinski definition) is 2. The van der Waals surface area contributed by atoms with Gasteiger partial charge in [-0.3, -0.25) is 4.79 Å². The van der Waals surface area contributed by atoms with Crippen LogP contribution < -0.4 is 5.32 Å². The summed E-state index contributed by atoms with van der Waals surface area (Å²) in [4.78, 5) is 14.5. The lowest BCUT2D eigenvalue weighted by Crippen LogP contribution is -2.33. The van der Waals surface area contributed by atoms with Crippen molar-refractivity contribution in [1.82, 2.24) is 10.2 Å². The molecule has 0 saturated heterocycles. The Morgan fingerprint density at radius 3 is 2.57 bits per heavy atom. The highest BCUT2D eigenvalue weighted by atomic mass is 19.3. The van der Waals surface area contributed by atoms with Crippen molar-refractivity contribution in [3.05, 3.63) is 65.2 Å². The number of phenols is 1. The molecule has 4 nitrogen and oxygen atoms in total. The van der Waals surface area contributed by atoms with Crippen LogP contribution in [-0.4, -0.2) is 36.1 Å². The van der Waals surface area contributed by atoms with E-state index in [1.165, 1.54) is 6.07 Å². The van der Waals surface area contributed by atoms with Crippen molar-refractivity contribution in [1.29, 1.82) is 0 Å². The Morgan fingerprint density at radius 1 is 1.21 bits per heavy atom. The fraction of sp³-hybridized carbons (Fsp3) is 0.409. The molecule has 0 aliphatic heterocycles. The van der Waals surface area contributed by atoms with Crippen molar-refractivity contribution < 1.29 is 18.7 Å². The van der Waals surface area contributed by atoms with E-state index in [1.54, 1.807) is 30.3 Å². The number of halogens is 2. The minimum atomic E-state index is -2.90. The van der Waals surface area contributed by atoms with Crippen molar-refractivity contribution in [3.63, 3.8) is 0 Å². The standard InChI is InChI=1S/C22H26F2N2O2/c1-26(2)16(13-15-7-10-17(27)11-8-15)9-12-21(28)25-20-14-22(23,24)19-6-4-3-5-18(19)20/h3-8,10-11,16,20,27H,9,12-14H2,1-2H3,(H,25,28)/t16-,20?/m1/s1. The van der Waals surface area contributed by atoms with Gasteiger partial charge in [0.15, 0.2) is 0 Å². The van der Waals surface area contributed by atoms with Gasteiger partial charge in [0.25, 0.3) is 5.92 Å². The Morgan fingerprint density at radius 2 is 1.89 bits per heavy atom. The van der Waals surface area contributed by atoms with E-state index in [0.717, 1.165) is 12.0 Å². The van der Waals surface area contributed by atoms with E-state index in [4.69, 9.17) is 0 Å². The molecule has 2 aromatic rings. The molecule has 0 heterocycles. The fourth-order valence-electron chi connectivity index (χ4n) is 3.75. The Bertz CT molecular complexity index is 822. The van der Waals surface area contributed by atoms with Crippen LogP contribution in [0.15, 0.2) is 48.5 Å². The number of fused-ring (bicyclic) bond motifs is 1. The van der Waals surface area contributed by atoms with Crippen LogP contribution in [0.4, 0.5) is 8.78 Å². The predicted octanol–water partition coefficient (Wildman–Crippen LogP) is 4.00. The molecule has 1 aliphatic carbocycles.